The van der Waals surface area contributed by atoms with E-state index in [-0.39, 0.29) is 5.91 Å². The quantitative estimate of drug-likeness (QED) is 0.462. The van der Waals surface area contributed by atoms with Crippen molar-refractivity contribution in [3.8, 4) is 5.75 Å². The molecular weight excluding hydrogens is 382 g/mol. The highest BCUT2D eigenvalue weighted by Gasteiger charge is 2.23. The number of methoxy groups -OCH3 is 1. The van der Waals surface area contributed by atoms with Gasteiger partial charge in [-0.05, 0) is 55.3 Å². The van der Waals surface area contributed by atoms with E-state index in [4.69, 9.17) is 9.72 Å². The Morgan fingerprint density at radius 2 is 2.00 bits per heavy atom. The van der Waals surface area contributed by atoms with Crippen molar-refractivity contribution in [3.63, 3.8) is 0 Å². The molecule has 29 heavy (non-hydrogen) atoms. The Kier molecular flexibility index (Phi) is 5.27. The van der Waals surface area contributed by atoms with Crippen molar-refractivity contribution >= 4 is 32.6 Å². The number of aromatic nitrogens is 2. The number of rotatable bonds is 5. The van der Waals surface area contributed by atoms with Gasteiger partial charge in [-0.3, -0.25) is 14.7 Å². The predicted octanol–water partition coefficient (Wildman–Crippen LogP) is 5.16. The standard InChI is InChI=1S/C23H21N3O2S/c1-15-6-7-16(2)19(11-15)22(27)26(14-17-5-4-10-24-13-17)23-25-20-9-8-18(28-3)12-21(20)29-23/h4-13H,14H2,1-3H3. The molecule has 0 atom stereocenters. The van der Waals surface area contributed by atoms with Crippen molar-refractivity contribution in [1.82, 2.24) is 9.97 Å². The minimum Gasteiger partial charge on any atom is -0.497 e. The topological polar surface area (TPSA) is 55.3 Å². The molecule has 0 radical (unpaired) electrons. The Morgan fingerprint density at radius 1 is 1.14 bits per heavy atom. The van der Waals surface area contributed by atoms with Crippen LogP contribution in [0.2, 0.25) is 0 Å². The number of nitrogens with zero attached hydrogens (tertiary/aromatic N) is 3. The molecule has 146 valence electrons. The zero-order chi connectivity index (χ0) is 20.4. The number of carbonyl (C=O) groups is 1. The van der Waals surface area contributed by atoms with Gasteiger partial charge in [-0.1, -0.05) is 35.1 Å². The van der Waals surface area contributed by atoms with E-state index in [1.165, 1.54) is 11.3 Å². The van der Waals surface area contributed by atoms with Crippen molar-refractivity contribution in [2.24, 2.45) is 0 Å². The Morgan fingerprint density at radius 3 is 2.76 bits per heavy atom. The maximum atomic E-state index is 13.6. The SMILES string of the molecule is COc1ccc2nc(N(Cc3cccnc3)C(=O)c3cc(C)ccc3C)sc2c1. The van der Waals surface area contributed by atoms with E-state index in [1.54, 1.807) is 24.4 Å². The molecule has 0 aliphatic heterocycles. The summed E-state index contributed by atoms with van der Waals surface area (Å²) >= 11 is 1.48. The first-order valence-electron chi connectivity index (χ1n) is 9.28. The normalized spacial score (nSPS) is 10.9. The second kappa shape index (κ2) is 8.01. The van der Waals surface area contributed by atoms with Crippen LogP contribution in [0.25, 0.3) is 10.2 Å². The van der Waals surface area contributed by atoms with Crippen LogP contribution >= 0.6 is 11.3 Å². The van der Waals surface area contributed by atoms with E-state index in [9.17, 15) is 4.79 Å². The van der Waals surface area contributed by atoms with Gasteiger partial charge in [0.15, 0.2) is 5.13 Å². The molecule has 4 rings (SSSR count). The molecule has 2 aromatic heterocycles. The summed E-state index contributed by atoms with van der Waals surface area (Å²) in [6.07, 6.45) is 3.50. The van der Waals surface area contributed by atoms with Crippen LogP contribution in [-0.4, -0.2) is 23.0 Å². The number of thiazole rings is 1. The Bertz CT molecular complexity index is 1170. The molecule has 0 aliphatic rings. The molecule has 0 fully saturated rings. The fourth-order valence-electron chi connectivity index (χ4n) is 3.15. The average molecular weight is 404 g/mol. The molecule has 1 amide bonds. The number of carbonyl (C=O) groups excluding carboxylic acids is 1. The molecule has 0 bridgehead atoms. The smallest absolute Gasteiger partial charge is 0.260 e. The van der Waals surface area contributed by atoms with Gasteiger partial charge in [-0.15, -0.1) is 0 Å². The molecule has 4 aromatic rings. The lowest BCUT2D eigenvalue weighted by molar-refractivity contribution is 0.0984. The second-order valence-corrected chi connectivity index (χ2v) is 7.91. The van der Waals surface area contributed by atoms with Crippen LogP contribution in [-0.2, 0) is 6.54 Å². The van der Waals surface area contributed by atoms with Crippen molar-refractivity contribution in [2.45, 2.75) is 20.4 Å². The van der Waals surface area contributed by atoms with Crippen LogP contribution in [0.4, 0.5) is 5.13 Å². The first-order chi connectivity index (χ1) is 14.0. The third-order valence-electron chi connectivity index (χ3n) is 4.75. The summed E-state index contributed by atoms with van der Waals surface area (Å²) in [5.74, 6) is 0.702. The lowest BCUT2D eigenvalue weighted by Crippen LogP contribution is -2.31. The van der Waals surface area contributed by atoms with Gasteiger partial charge < -0.3 is 4.74 Å². The van der Waals surface area contributed by atoms with Gasteiger partial charge in [-0.2, -0.15) is 0 Å². The molecule has 0 aliphatic carbocycles. The zero-order valence-corrected chi connectivity index (χ0v) is 17.4. The number of pyridine rings is 1. The summed E-state index contributed by atoms with van der Waals surface area (Å²) in [7, 11) is 1.64. The molecule has 0 unspecified atom stereocenters. The number of anilines is 1. The van der Waals surface area contributed by atoms with Gasteiger partial charge >= 0.3 is 0 Å². The predicted molar refractivity (Wildman–Crippen MR) is 117 cm³/mol. The van der Waals surface area contributed by atoms with Crippen molar-refractivity contribution in [1.29, 1.82) is 0 Å². The van der Waals surface area contributed by atoms with Gasteiger partial charge in [-0.25, -0.2) is 4.98 Å². The van der Waals surface area contributed by atoms with E-state index < -0.39 is 0 Å². The highest BCUT2D eigenvalue weighted by atomic mass is 32.1. The molecule has 6 heteroatoms. The fraction of sp³-hybridized carbons (Fsp3) is 0.174. The van der Waals surface area contributed by atoms with E-state index in [2.05, 4.69) is 4.98 Å². The van der Waals surface area contributed by atoms with Crippen LogP contribution < -0.4 is 9.64 Å². The molecule has 0 saturated carbocycles. The summed E-state index contributed by atoms with van der Waals surface area (Å²) in [6.45, 7) is 4.35. The largest absolute Gasteiger partial charge is 0.497 e. The van der Waals surface area contributed by atoms with Gasteiger partial charge in [0.05, 0.1) is 23.9 Å². The molecule has 0 N–H and O–H groups in total. The van der Waals surface area contributed by atoms with Gasteiger partial charge in [0, 0.05) is 18.0 Å². The van der Waals surface area contributed by atoms with Gasteiger partial charge in [0.25, 0.3) is 5.91 Å². The van der Waals surface area contributed by atoms with Crippen LogP contribution in [0.5, 0.6) is 5.75 Å². The summed E-state index contributed by atoms with van der Waals surface area (Å²) < 4.78 is 6.30. The lowest BCUT2D eigenvalue weighted by atomic mass is 10.0. The second-order valence-electron chi connectivity index (χ2n) is 6.90. The first-order valence-corrected chi connectivity index (χ1v) is 10.1. The van der Waals surface area contributed by atoms with Crippen LogP contribution in [0.1, 0.15) is 27.0 Å². The van der Waals surface area contributed by atoms with E-state index in [0.29, 0.717) is 17.2 Å². The summed E-state index contributed by atoms with van der Waals surface area (Å²) in [5.41, 5.74) is 4.47. The Hall–Kier alpha value is -3.25. The highest BCUT2D eigenvalue weighted by Crippen LogP contribution is 2.33. The molecule has 0 spiro atoms. The maximum Gasteiger partial charge on any atom is 0.260 e. The zero-order valence-electron chi connectivity index (χ0n) is 16.5. The number of amides is 1. The van der Waals surface area contributed by atoms with Crippen molar-refractivity contribution < 1.29 is 9.53 Å². The van der Waals surface area contributed by atoms with Crippen LogP contribution in [0.15, 0.2) is 60.9 Å². The third kappa shape index (κ3) is 3.98. The molecule has 5 nitrogen and oxygen atoms in total. The minimum absolute atomic E-state index is 0.0684. The van der Waals surface area contributed by atoms with Gasteiger partial charge in [0.1, 0.15) is 5.75 Å². The van der Waals surface area contributed by atoms with Gasteiger partial charge in [0.2, 0.25) is 0 Å². The van der Waals surface area contributed by atoms with Crippen LogP contribution in [0, 0.1) is 13.8 Å². The molecular formula is C23H21N3O2S. The van der Waals surface area contributed by atoms with E-state index in [1.807, 2.05) is 62.4 Å². The lowest BCUT2D eigenvalue weighted by Gasteiger charge is -2.21. The molecule has 2 aromatic carbocycles. The van der Waals surface area contributed by atoms with E-state index in [0.717, 1.165) is 32.7 Å². The summed E-state index contributed by atoms with van der Waals surface area (Å²) in [4.78, 5) is 24.2. The first kappa shape index (κ1) is 19.1. The highest BCUT2D eigenvalue weighted by molar-refractivity contribution is 7.22. The monoisotopic (exact) mass is 403 g/mol. The third-order valence-corrected chi connectivity index (χ3v) is 5.79. The maximum absolute atomic E-state index is 13.6. The molecule has 0 saturated heterocycles. The average Bonchev–Trinajstić information content (AvgIpc) is 3.16. The number of hydrogen-bond donors (Lipinski definition) is 0. The Labute approximate surface area is 173 Å². The van der Waals surface area contributed by atoms with E-state index >= 15 is 0 Å². The van der Waals surface area contributed by atoms with Crippen molar-refractivity contribution in [2.75, 3.05) is 12.0 Å². The number of benzene rings is 2. The summed E-state index contributed by atoms with van der Waals surface area (Å²) in [5, 5.41) is 0.656. The summed E-state index contributed by atoms with van der Waals surface area (Å²) in [6, 6.07) is 15.5. The fourth-order valence-corrected chi connectivity index (χ4v) is 4.14. The minimum atomic E-state index is -0.0684. The number of hydrogen-bond acceptors (Lipinski definition) is 5. The Balaban J connectivity index is 1.79. The molecule has 2 heterocycles. The number of fused-ring (bicyclic) bond motifs is 1. The number of aryl methyl sites for hydroxylation is 2. The number of ether oxygens (including phenoxy) is 1. The van der Waals surface area contributed by atoms with Crippen LogP contribution in [0.3, 0.4) is 0 Å². The van der Waals surface area contributed by atoms with Crippen molar-refractivity contribution in [3.05, 3.63) is 83.2 Å².